The molecule has 1 unspecified atom stereocenters. The molecule has 1 saturated heterocycles. The summed E-state index contributed by atoms with van der Waals surface area (Å²) >= 11 is 6.30. The van der Waals surface area contributed by atoms with Crippen LogP contribution in [0.5, 0.6) is 0 Å². The van der Waals surface area contributed by atoms with Crippen LogP contribution in [0.15, 0.2) is 48.5 Å². The van der Waals surface area contributed by atoms with Crippen molar-refractivity contribution in [2.24, 2.45) is 11.3 Å². The maximum Gasteiger partial charge on any atom is 0.430 e. The summed E-state index contributed by atoms with van der Waals surface area (Å²) in [7, 11) is 2.86. The zero-order valence-corrected chi connectivity index (χ0v) is 21.6. The zero-order chi connectivity index (χ0) is 27.0. The van der Waals surface area contributed by atoms with Crippen LogP contribution in [0.2, 0.25) is 5.02 Å². The van der Waals surface area contributed by atoms with Crippen molar-refractivity contribution >= 4 is 29.1 Å². The van der Waals surface area contributed by atoms with Gasteiger partial charge in [0, 0.05) is 45.0 Å². The minimum absolute atomic E-state index is 0.131. The van der Waals surface area contributed by atoms with Crippen molar-refractivity contribution in [1.82, 2.24) is 10.2 Å². The number of carbonyl (C=O) groups is 2. The SMILES string of the molecule is CNC(=O)c1ccc(N2CCC3(CC2)C[C@H]3CCN(C)C(=O)C(O)(c2ccccc2)C(F)(F)F)cc1Cl. The molecule has 2 fully saturated rings. The molecule has 6 nitrogen and oxygen atoms in total. The third kappa shape index (κ3) is 5.16. The Balaban J connectivity index is 1.33. The Morgan fingerprint density at radius 1 is 1.16 bits per heavy atom. The lowest BCUT2D eigenvalue weighted by molar-refractivity contribution is -0.261. The first-order chi connectivity index (χ1) is 17.4. The van der Waals surface area contributed by atoms with Crippen molar-refractivity contribution < 1.29 is 27.9 Å². The largest absolute Gasteiger partial charge is 0.430 e. The number of rotatable bonds is 7. The Morgan fingerprint density at radius 3 is 2.38 bits per heavy atom. The highest BCUT2D eigenvalue weighted by molar-refractivity contribution is 6.34. The van der Waals surface area contributed by atoms with Crippen molar-refractivity contribution in [3.05, 3.63) is 64.7 Å². The topological polar surface area (TPSA) is 72.9 Å². The van der Waals surface area contributed by atoms with Crippen molar-refractivity contribution in [2.45, 2.75) is 37.5 Å². The molecule has 2 aromatic rings. The monoisotopic (exact) mass is 537 g/mol. The van der Waals surface area contributed by atoms with Crippen LogP contribution >= 0.6 is 11.6 Å². The molecule has 2 atom stereocenters. The van der Waals surface area contributed by atoms with Crippen LogP contribution in [0.25, 0.3) is 0 Å². The minimum Gasteiger partial charge on any atom is -0.371 e. The molecule has 2 amide bonds. The average molecular weight is 538 g/mol. The van der Waals surface area contributed by atoms with Gasteiger partial charge in [-0.2, -0.15) is 13.2 Å². The maximum absolute atomic E-state index is 13.8. The second-order valence-electron chi connectivity index (χ2n) is 10.1. The van der Waals surface area contributed by atoms with Gasteiger partial charge in [-0.1, -0.05) is 41.9 Å². The summed E-state index contributed by atoms with van der Waals surface area (Å²) in [6, 6.07) is 11.9. The highest BCUT2D eigenvalue weighted by atomic mass is 35.5. The van der Waals surface area contributed by atoms with Crippen LogP contribution in [0.3, 0.4) is 0 Å². The van der Waals surface area contributed by atoms with E-state index in [-0.39, 0.29) is 17.9 Å². The summed E-state index contributed by atoms with van der Waals surface area (Å²) in [5.41, 5.74) is -2.57. The van der Waals surface area contributed by atoms with Crippen LogP contribution in [-0.2, 0) is 10.4 Å². The molecule has 10 heteroatoms. The van der Waals surface area contributed by atoms with E-state index in [0.29, 0.717) is 22.9 Å². The van der Waals surface area contributed by atoms with Crippen molar-refractivity contribution in [2.75, 3.05) is 38.6 Å². The number of nitrogens with zero attached hydrogens (tertiary/aromatic N) is 2. The Bertz CT molecular complexity index is 1150. The van der Waals surface area contributed by atoms with E-state index in [4.69, 9.17) is 11.6 Å². The predicted octanol–water partition coefficient (Wildman–Crippen LogP) is 4.60. The summed E-state index contributed by atoms with van der Waals surface area (Å²) < 4.78 is 41.5. The molecular formula is C27H31ClF3N3O3. The van der Waals surface area contributed by atoms with Gasteiger partial charge >= 0.3 is 6.18 Å². The maximum atomic E-state index is 13.8. The molecule has 0 radical (unpaired) electrons. The smallest absolute Gasteiger partial charge is 0.371 e. The zero-order valence-electron chi connectivity index (χ0n) is 20.8. The van der Waals surface area contributed by atoms with Gasteiger partial charge in [0.05, 0.1) is 10.6 Å². The highest BCUT2D eigenvalue weighted by Crippen LogP contribution is 2.61. The summed E-state index contributed by atoms with van der Waals surface area (Å²) in [6.45, 7) is 1.75. The summed E-state index contributed by atoms with van der Waals surface area (Å²) in [5.74, 6) is -1.29. The van der Waals surface area contributed by atoms with E-state index in [9.17, 15) is 27.9 Å². The number of carbonyl (C=O) groups excluding carboxylic acids is 2. The van der Waals surface area contributed by atoms with Crippen LogP contribution in [-0.4, -0.2) is 61.7 Å². The van der Waals surface area contributed by atoms with E-state index in [1.54, 1.807) is 19.2 Å². The Morgan fingerprint density at radius 2 is 1.81 bits per heavy atom. The number of hydrogen-bond acceptors (Lipinski definition) is 4. The second-order valence-corrected chi connectivity index (χ2v) is 10.5. The number of nitrogens with one attached hydrogen (secondary N) is 1. The lowest BCUT2D eigenvalue weighted by atomic mass is 9.89. The van der Waals surface area contributed by atoms with Gasteiger partial charge in [-0.05, 0) is 55.2 Å². The molecular weight excluding hydrogens is 507 g/mol. The first-order valence-corrected chi connectivity index (χ1v) is 12.7. The first-order valence-electron chi connectivity index (χ1n) is 12.3. The standard InChI is InChI=1S/C27H31ClF3N3O3/c1-32-23(35)21-9-8-20(16-22(21)28)34-14-11-25(12-15-34)17-19(25)10-13-33(2)24(36)26(37,27(29,30)31)18-6-4-3-5-7-18/h3-9,16,19,37H,10-15,17H2,1-2H3,(H,32,35)/t19-,26?/m1/s1. The van der Waals surface area contributed by atoms with Crippen LogP contribution in [0.1, 0.15) is 41.6 Å². The highest BCUT2D eigenvalue weighted by Gasteiger charge is 2.62. The first kappa shape index (κ1) is 27.3. The number of benzene rings is 2. The van der Waals surface area contributed by atoms with E-state index in [1.165, 1.54) is 25.2 Å². The van der Waals surface area contributed by atoms with Crippen LogP contribution < -0.4 is 10.2 Å². The molecule has 2 aliphatic rings. The fourth-order valence-electron chi connectivity index (χ4n) is 5.50. The molecule has 37 heavy (non-hydrogen) atoms. The Labute approximate surface area is 219 Å². The fourth-order valence-corrected chi connectivity index (χ4v) is 5.76. The molecule has 2 N–H and O–H groups in total. The number of amides is 2. The third-order valence-electron chi connectivity index (χ3n) is 7.98. The molecule has 1 aliphatic heterocycles. The van der Waals surface area contributed by atoms with Crippen molar-refractivity contribution in [3.8, 4) is 0 Å². The average Bonchev–Trinajstić information content (AvgIpc) is 3.57. The van der Waals surface area contributed by atoms with E-state index in [1.807, 2.05) is 6.07 Å². The van der Waals surface area contributed by atoms with Crippen molar-refractivity contribution in [3.63, 3.8) is 0 Å². The molecule has 200 valence electrons. The van der Waals surface area contributed by atoms with Gasteiger partial charge in [0.15, 0.2) is 0 Å². The molecule has 0 aromatic heterocycles. The lowest BCUT2D eigenvalue weighted by Gasteiger charge is -2.35. The normalized spacial score (nSPS) is 20.3. The Kier molecular flexibility index (Phi) is 7.50. The summed E-state index contributed by atoms with van der Waals surface area (Å²) in [4.78, 5) is 27.9. The Hall–Kier alpha value is -2.78. The van der Waals surface area contributed by atoms with E-state index in [2.05, 4.69) is 10.2 Å². The van der Waals surface area contributed by atoms with Gasteiger partial charge in [0.25, 0.3) is 17.4 Å². The van der Waals surface area contributed by atoms with Gasteiger partial charge < -0.3 is 20.2 Å². The number of hydrogen-bond donors (Lipinski definition) is 2. The van der Waals surface area contributed by atoms with E-state index >= 15 is 0 Å². The lowest BCUT2D eigenvalue weighted by Crippen LogP contribution is -2.55. The van der Waals surface area contributed by atoms with Gasteiger partial charge in [0.1, 0.15) is 0 Å². The van der Waals surface area contributed by atoms with Crippen LogP contribution in [0.4, 0.5) is 18.9 Å². The van der Waals surface area contributed by atoms with Crippen LogP contribution in [0, 0.1) is 11.3 Å². The second kappa shape index (κ2) is 10.2. The molecule has 0 bridgehead atoms. The predicted molar refractivity (Wildman–Crippen MR) is 135 cm³/mol. The summed E-state index contributed by atoms with van der Waals surface area (Å²) in [5, 5.41) is 13.5. The quantitative estimate of drug-likeness (QED) is 0.541. The number of alkyl halides is 3. The fraction of sp³-hybridized carbons (Fsp3) is 0.481. The molecule has 4 rings (SSSR count). The molecule has 1 aliphatic carbocycles. The molecule has 1 heterocycles. The van der Waals surface area contributed by atoms with Gasteiger partial charge in [-0.25, -0.2) is 0 Å². The van der Waals surface area contributed by atoms with E-state index < -0.39 is 23.2 Å². The van der Waals surface area contributed by atoms with Gasteiger partial charge in [-0.3, -0.25) is 9.59 Å². The number of piperidine rings is 1. The minimum atomic E-state index is -5.14. The van der Waals surface area contributed by atoms with E-state index in [0.717, 1.165) is 55.1 Å². The number of aliphatic hydroxyl groups is 1. The number of likely N-dealkylation sites (N-methyl/N-ethyl adjacent to an activating group) is 1. The molecule has 1 saturated carbocycles. The number of halogens is 4. The molecule has 2 aromatic carbocycles. The van der Waals surface area contributed by atoms with Gasteiger partial charge in [0.2, 0.25) is 0 Å². The molecule has 1 spiro atoms. The summed E-state index contributed by atoms with van der Waals surface area (Å²) in [6.07, 6.45) is -1.73. The van der Waals surface area contributed by atoms with Crippen molar-refractivity contribution in [1.29, 1.82) is 0 Å². The van der Waals surface area contributed by atoms with Gasteiger partial charge in [-0.15, -0.1) is 0 Å². The third-order valence-corrected chi connectivity index (χ3v) is 8.29. The number of anilines is 1.